The van der Waals surface area contributed by atoms with Crippen LogP contribution in [-0.4, -0.2) is 66.8 Å². The van der Waals surface area contributed by atoms with Gasteiger partial charge >= 0.3 is 0 Å². The number of anilines is 2. The Labute approximate surface area is 237 Å². The lowest BCUT2D eigenvalue weighted by Crippen LogP contribution is -2.52. The molecular formula is C31H30ClFN4O3. The summed E-state index contributed by atoms with van der Waals surface area (Å²) in [6, 6.07) is 19.0. The minimum Gasteiger partial charge on any atom is -0.370 e. The van der Waals surface area contributed by atoms with Crippen LogP contribution in [0.1, 0.15) is 39.1 Å². The fourth-order valence-corrected chi connectivity index (χ4v) is 6.21. The summed E-state index contributed by atoms with van der Waals surface area (Å²) in [5.41, 5.74) is 3.16. The average molecular weight is 561 g/mol. The summed E-state index contributed by atoms with van der Waals surface area (Å²) in [4.78, 5) is 47.8. The molecule has 3 aromatic carbocycles. The fourth-order valence-electron chi connectivity index (χ4n) is 6.01. The first kappa shape index (κ1) is 26.3. The Balaban J connectivity index is 1.14. The van der Waals surface area contributed by atoms with Gasteiger partial charge in [0.25, 0.3) is 11.8 Å². The molecule has 0 saturated carbocycles. The third-order valence-electron chi connectivity index (χ3n) is 8.16. The first-order chi connectivity index (χ1) is 19.4. The highest BCUT2D eigenvalue weighted by Gasteiger charge is 2.40. The van der Waals surface area contributed by atoms with E-state index in [4.69, 9.17) is 11.6 Å². The van der Waals surface area contributed by atoms with Gasteiger partial charge in [0.15, 0.2) is 0 Å². The van der Waals surface area contributed by atoms with Crippen molar-refractivity contribution in [2.45, 2.75) is 19.4 Å². The van der Waals surface area contributed by atoms with Gasteiger partial charge in [0.1, 0.15) is 5.82 Å². The van der Waals surface area contributed by atoms with E-state index in [9.17, 15) is 18.8 Å². The van der Waals surface area contributed by atoms with E-state index >= 15 is 0 Å². The smallest absolute Gasteiger partial charge is 0.263 e. The van der Waals surface area contributed by atoms with Crippen molar-refractivity contribution in [1.29, 1.82) is 0 Å². The highest BCUT2D eigenvalue weighted by atomic mass is 35.5. The maximum absolute atomic E-state index is 13.6. The molecular weight excluding hydrogens is 531 g/mol. The molecule has 3 aliphatic heterocycles. The molecule has 0 spiro atoms. The van der Waals surface area contributed by atoms with E-state index < -0.39 is 0 Å². The molecule has 0 unspecified atom stereocenters. The van der Waals surface area contributed by atoms with Gasteiger partial charge in [-0.2, -0.15) is 0 Å². The topological polar surface area (TPSA) is 64.2 Å². The molecule has 3 aromatic rings. The van der Waals surface area contributed by atoms with E-state index in [-0.39, 0.29) is 36.0 Å². The molecule has 7 nitrogen and oxygen atoms in total. The van der Waals surface area contributed by atoms with Gasteiger partial charge in [0, 0.05) is 50.0 Å². The zero-order valence-corrected chi connectivity index (χ0v) is 22.8. The standard InChI is InChI=1S/C31H30ClFN4O3/c32-26-8-2-1-5-21(26)20-37-30(39)25-7-3-9-27(28(25)31(37)40)36-14-4-6-22(19-36)29(38)35-17-15-34(16-18-35)24-12-10-23(33)11-13-24/h1-3,5,7-13,22H,4,6,14-20H2/t22-/m1/s1. The summed E-state index contributed by atoms with van der Waals surface area (Å²) in [6.45, 7) is 3.92. The van der Waals surface area contributed by atoms with Crippen molar-refractivity contribution in [3.63, 3.8) is 0 Å². The molecule has 0 aliphatic carbocycles. The van der Waals surface area contributed by atoms with E-state index in [1.165, 1.54) is 17.0 Å². The summed E-state index contributed by atoms with van der Waals surface area (Å²) in [5.74, 6) is -0.985. The van der Waals surface area contributed by atoms with Gasteiger partial charge in [0.2, 0.25) is 5.91 Å². The van der Waals surface area contributed by atoms with Crippen LogP contribution in [0.3, 0.4) is 0 Å². The highest BCUT2D eigenvalue weighted by Crippen LogP contribution is 2.35. The van der Waals surface area contributed by atoms with Gasteiger partial charge in [-0.1, -0.05) is 35.9 Å². The van der Waals surface area contributed by atoms with E-state index in [2.05, 4.69) is 9.80 Å². The van der Waals surface area contributed by atoms with Crippen molar-refractivity contribution < 1.29 is 18.8 Å². The minimum atomic E-state index is -0.333. The van der Waals surface area contributed by atoms with Crippen molar-refractivity contribution in [1.82, 2.24) is 9.80 Å². The van der Waals surface area contributed by atoms with E-state index in [0.29, 0.717) is 66.7 Å². The van der Waals surface area contributed by atoms with Crippen LogP contribution < -0.4 is 9.80 Å². The Bertz CT molecular complexity index is 1460. The molecule has 3 aliphatic rings. The van der Waals surface area contributed by atoms with Gasteiger partial charge in [0.05, 0.1) is 29.3 Å². The molecule has 0 N–H and O–H groups in total. The Kier molecular flexibility index (Phi) is 7.19. The lowest BCUT2D eigenvalue weighted by Gasteiger charge is -2.40. The van der Waals surface area contributed by atoms with E-state index in [0.717, 1.165) is 18.5 Å². The van der Waals surface area contributed by atoms with Crippen molar-refractivity contribution >= 4 is 40.7 Å². The van der Waals surface area contributed by atoms with Crippen molar-refractivity contribution in [3.05, 3.63) is 94.3 Å². The molecule has 0 radical (unpaired) electrons. The Morgan fingerprint density at radius 1 is 0.850 bits per heavy atom. The number of hydrogen-bond acceptors (Lipinski definition) is 5. The Hall–Kier alpha value is -3.91. The first-order valence-corrected chi connectivity index (χ1v) is 14.1. The molecule has 0 aromatic heterocycles. The van der Waals surface area contributed by atoms with Gasteiger partial charge in [-0.3, -0.25) is 19.3 Å². The largest absolute Gasteiger partial charge is 0.370 e. The molecule has 2 fully saturated rings. The number of benzene rings is 3. The Morgan fingerprint density at radius 3 is 2.35 bits per heavy atom. The zero-order valence-electron chi connectivity index (χ0n) is 22.1. The third kappa shape index (κ3) is 4.92. The molecule has 3 heterocycles. The molecule has 9 heteroatoms. The van der Waals surface area contributed by atoms with Gasteiger partial charge in [-0.15, -0.1) is 0 Å². The number of piperazine rings is 1. The van der Waals surface area contributed by atoms with E-state index in [1.54, 1.807) is 30.3 Å². The lowest BCUT2D eigenvalue weighted by atomic mass is 9.94. The van der Waals surface area contributed by atoms with Crippen molar-refractivity contribution in [2.24, 2.45) is 5.92 Å². The van der Waals surface area contributed by atoms with Crippen LogP contribution in [0.2, 0.25) is 5.02 Å². The first-order valence-electron chi connectivity index (χ1n) is 13.7. The summed E-state index contributed by atoms with van der Waals surface area (Å²) in [7, 11) is 0. The fraction of sp³-hybridized carbons (Fsp3) is 0.323. The maximum atomic E-state index is 13.6. The second-order valence-corrected chi connectivity index (χ2v) is 11.0. The number of halogens is 2. The van der Waals surface area contributed by atoms with E-state index in [1.807, 2.05) is 29.2 Å². The number of hydrogen-bond donors (Lipinski definition) is 0. The summed E-state index contributed by atoms with van der Waals surface area (Å²) in [5, 5.41) is 0.509. The highest BCUT2D eigenvalue weighted by molar-refractivity contribution is 6.31. The number of carbonyl (C=O) groups excluding carboxylic acids is 3. The van der Waals surface area contributed by atoms with Crippen molar-refractivity contribution in [2.75, 3.05) is 49.1 Å². The van der Waals surface area contributed by atoms with Crippen LogP contribution in [0, 0.1) is 11.7 Å². The number of carbonyl (C=O) groups is 3. The summed E-state index contributed by atoms with van der Waals surface area (Å²) in [6.07, 6.45) is 1.61. The Morgan fingerprint density at radius 2 is 1.60 bits per heavy atom. The molecule has 2 saturated heterocycles. The summed E-state index contributed by atoms with van der Waals surface area (Å²) >= 11 is 6.31. The van der Waals surface area contributed by atoms with Crippen LogP contribution in [0.25, 0.3) is 0 Å². The van der Waals surface area contributed by atoms with Crippen LogP contribution in [0.4, 0.5) is 15.8 Å². The van der Waals surface area contributed by atoms with Crippen LogP contribution in [-0.2, 0) is 11.3 Å². The van der Waals surface area contributed by atoms with Gasteiger partial charge in [-0.25, -0.2) is 4.39 Å². The molecule has 40 heavy (non-hydrogen) atoms. The van der Waals surface area contributed by atoms with Crippen LogP contribution in [0.15, 0.2) is 66.7 Å². The predicted molar refractivity (Wildman–Crippen MR) is 152 cm³/mol. The number of amides is 3. The quantitative estimate of drug-likeness (QED) is 0.418. The van der Waals surface area contributed by atoms with Crippen molar-refractivity contribution in [3.8, 4) is 0 Å². The number of fused-ring (bicyclic) bond motifs is 1. The second-order valence-electron chi connectivity index (χ2n) is 10.6. The zero-order chi connectivity index (χ0) is 27.8. The predicted octanol–water partition coefficient (Wildman–Crippen LogP) is 4.84. The van der Waals surface area contributed by atoms with Crippen LogP contribution in [0.5, 0.6) is 0 Å². The third-order valence-corrected chi connectivity index (χ3v) is 8.53. The average Bonchev–Trinajstić information content (AvgIpc) is 3.23. The SMILES string of the molecule is O=C([C@@H]1CCCN(c2cccc3c2C(=O)N(Cc2ccccc2Cl)C3=O)C1)N1CCN(c2ccc(F)cc2)CC1. The summed E-state index contributed by atoms with van der Waals surface area (Å²) < 4.78 is 13.3. The van der Waals surface area contributed by atoms with Crippen LogP contribution >= 0.6 is 11.6 Å². The number of piperidine rings is 1. The normalized spacial score (nSPS) is 19.3. The van der Waals surface area contributed by atoms with Gasteiger partial charge < -0.3 is 14.7 Å². The minimum absolute atomic E-state index is 0.108. The number of nitrogens with zero attached hydrogens (tertiary/aromatic N) is 4. The second kappa shape index (κ2) is 10.9. The molecule has 3 amide bonds. The van der Waals surface area contributed by atoms with Gasteiger partial charge in [-0.05, 0) is 60.9 Å². The lowest BCUT2D eigenvalue weighted by molar-refractivity contribution is -0.136. The number of imide groups is 1. The number of rotatable bonds is 5. The molecule has 206 valence electrons. The monoisotopic (exact) mass is 560 g/mol. The molecule has 1 atom stereocenters. The molecule has 6 rings (SSSR count). The maximum Gasteiger partial charge on any atom is 0.263 e. The molecule has 0 bridgehead atoms.